The average Bonchev–Trinajstić information content (AvgIpc) is 3.26. The minimum absolute atomic E-state index is 0.0531. The summed E-state index contributed by atoms with van der Waals surface area (Å²) >= 11 is 0.526. The summed E-state index contributed by atoms with van der Waals surface area (Å²) in [6, 6.07) is 12.8. The van der Waals surface area contributed by atoms with Gasteiger partial charge in [-0.15, -0.1) is 11.3 Å². The van der Waals surface area contributed by atoms with Crippen LogP contribution < -0.4 is 15.9 Å². The van der Waals surface area contributed by atoms with Crippen LogP contribution in [-0.2, 0) is 15.6 Å². The number of fused-ring (bicyclic) bond motifs is 2. The van der Waals surface area contributed by atoms with E-state index in [0.29, 0.717) is 33.6 Å². The molecule has 6 unspecified atom stereocenters. The maximum absolute atomic E-state index is 13.1. The van der Waals surface area contributed by atoms with Gasteiger partial charge in [-0.05, 0) is 37.3 Å². The lowest BCUT2D eigenvalue weighted by atomic mass is 9.94. The lowest BCUT2D eigenvalue weighted by molar-refractivity contribution is -0.137. The second kappa shape index (κ2) is 10.2. The number of amidine groups is 2. The molecule has 2 aromatic carbocycles. The van der Waals surface area contributed by atoms with E-state index in [-0.39, 0.29) is 29.0 Å². The van der Waals surface area contributed by atoms with E-state index in [0.717, 1.165) is 0 Å². The molecule has 196 valence electrons. The molecule has 0 saturated carbocycles. The number of halogens is 3. The van der Waals surface area contributed by atoms with Crippen LogP contribution in [0.1, 0.15) is 11.9 Å². The summed E-state index contributed by atoms with van der Waals surface area (Å²) in [7, 11) is -1.11. The maximum atomic E-state index is 13.1. The summed E-state index contributed by atoms with van der Waals surface area (Å²) in [4.78, 5) is 13.2. The van der Waals surface area contributed by atoms with Crippen LogP contribution in [0, 0.1) is 5.41 Å². The van der Waals surface area contributed by atoms with Crippen LogP contribution in [0.15, 0.2) is 53.5 Å². The topological polar surface area (TPSA) is 135 Å². The SMILES string of the molecule is CC(=N)/N=C(\Nc1ccc2nc(C(F)(F)F)sc2c1)C1OC2CP(OOc3ccccc3)C2C(N)C1O. The van der Waals surface area contributed by atoms with Crippen molar-refractivity contribution in [1.82, 2.24) is 4.98 Å². The molecule has 5 rings (SSSR count). The first-order chi connectivity index (χ1) is 17.6. The van der Waals surface area contributed by atoms with Crippen molar-refractivity contribution in [3.63, 3.8) is 0 Å². The highest BCUT2D eigenvalue weighted by Crippen LogP contribution is 2.58. The molecule has 3 heterocycles. The molecule has 1 aromatic heterocycles. The number of benzene rings is 2. The van der Waals surface area contributed by atoms with Crippen LogP contribution in [0.4, 0.5) is 18.9 Å². The third kappa shape index (κ3) is 5.47. The molecule has 3 aromatic rings. The number of aliphatic hydroxyl groups is 1. The molecule has 14 heteroatoms. The third-order valence-corrected chi connectivity index (χ3v) is 9.32. The van der Waals surface area contributed by atoms with Crippen molar-refractivity contribution < 1.29 is 32.6 Å². The second-order valence-electron chi connectivity index (χ2n) is 8.63. The van der Waals surface area contributed by atoms with E-state index in [1.54, 1.807) is 18.2 Å². The van der Waals surface area contributed by atoms with E-state index in [1.807, 2.05) is 18.2 Å². The lowest BCUT2D eigenvalue weighted by Gasteiger charge is -2.52. The predicted octanol–water partition coefficient (Wildman–Crippen LogP) is 4.37. The Bertz CT molecular complexity index is 1320. The summed E-state index contributed by atoms with van der Waals surface area (Å²) in [6.45, 7) is 1.46. The van der Waals surface area contributed by atoms with Gasteiger partial charge in [0.05, 0.1) is 30.1 Å². The van der Waals surface area contributed by atoms with E-state index < -0.39 is 37.6 Å². The number of thiazole rings is 1. The van der Waals surface area contributed by atoms with Crippen LogP contribution in [-0.4, -0.2) is 57.9 Å². The number of aliphatic imine (C=N–C) groups is 1. The zero-order valence-corrected chi connectivity index (χ0v) is 21.1. The summed E-state index contributed by atoms with van der Waals surface area (Å²) in [5, 5.41) is 20.9. The van der Waals surface area contributed by atoms with Crippen LogP contribution >= 0.6 is 19.5 Å². The molecule has 0 amide bonds. The predicted molar refractivity (Wildman–Crippen MR) is 135 cm³/mol. The number of ether oxygens (including phenoxy) is 1. The Labute approximate surface area is 214 Å². The van der Waals surface area contributed by atoms with Crippen molar-refractivity contribution >= 4 is 47.1 Å². The highest BCUT2D eigenvalue weighted by atomic mass is 32.1. The number of rotatable bonds is 5. The first-order valence-electron chi connectivity index (χ1n) is 11.2. The Balaban J connectivity index is 1.31. The van der Waals surface area contributed by atoms with Crippen molar-refractivity contribution in [2.45, 2.75) is 43.1 Å². The smallest absolute Gasteiger partial charge is 0.388 e. The molecule has 2 fully saturated rings. The fourth-order valence-corrected chi connectivity index (χ4v) is 7.02. The number of nitrogens with zero attached hydrogens (tertiary/aromatic N) is 2. The summed E-state index contributed by atoms with van der Waals surface area (Å²) < 4.78 is 51.2. The fourth-order valence-electron chi connectivity index (χ4n) is 4.18. The minimum atomic E-state index is -4.54. The molecular weight excluding hydrogens is 530 g/mol. The second-order valence-corrected chi connectivity index (χ2v) is 11.6. The van der Waals surface area contributed by atoms with Gasteiger partial charge in [-0.1, -0.05) is 18.2 Å². The van der Waals surface area contributed by atoms with Crippen LogP contribution in [0.5, 0.6) is 5.75 Å². The van der Waals surface area contributed by atoms with Crippen molar-refractivity contribution in [3.05, 3.63) is 53.5 Å². The standard InChI is InChI=1S/C23H23F3N5O4PS/c1-11(27)29-21(30-12-7-8-14-16(9-12)37-22(31-14)23(24,25)26)19-18(32)17(28)20-15(33-19)10-36(20)35-34-13-5-3-2-4-6-13/h2-9,15,17-20,32H,10,28H2,1H3,(H2,27,29,30). The number of anilines is 1. The number of nitrogens with two attached hydrogens (primary N) is 1. The van der Waals surface area contributed by atoms with Gasteiger partial charge in [-0.25, -0.2) is 9.98 Å². The molecule has 9 nitrogen and oxygen atoms in total. The zero-order chi connectivity index (χ0) is 26.3. The summed E-state index contributed by atoms with van der Waals surface area (Å²) in [6.07, 6.45) is -6.47. The highest BCUT2D eigenvalue weighted by Gasteiger charge is 2.56. The molecule has 37 heavy (non-hydrogen) atoms. The quantitative estimate of drug-likeness (QED) is 0.121. The molecule has 0 radical (unpaired) electrons. The van der Waals surface area contributed by atoms with E-state index in [1.165, 1.54) is 19.1 Å². The number of aromatic nitrogens is 1. The molecule has 0 spiro atoms. The van der Waals surface area contributed by atoms with Crippen molar-refractivity contribution in [2.75, 3.05) is 11.5 Å². The number of para-hydroxylation sites is 1. The summed E-state index contributed by atoms with van der Waals surface area (Å²) in [5.74, 6) is 0.631. The van der Waals surface area contributed by atoms with Gasteiger partial charge in [0.1, 0.15) is 23.9 Å². The Morgan fingerprint density at radius 2 is 2.05 bits per heavy atom. The Morgan fingerprint density at radius 1 is 1.30 bits per heavy atom. The minimum Gasteiger partial charge on any atom is -0.388 e. The number of hydrogen-bond acceptors (Lipinski definition) is 8. The zero-order valence-electron chi connectivity index (χ0n) is 19.3. The van der Waals surface area contributed by atoms with Gasteiger partial charge < -0.3 is 25.8 Å². The van der Waals surface area contributed by atoms with Gasteiger partial charge >= 0.3 is 6.18 Å². The molecule has 0 bridgehead atoms. The Morgan fingerprint density at radius 3 is 2.76 bits per heavy atom. The van der Waals surface area contributed by atoms with Gasteiger partial charge in [-0.2, -0.15) is 17.8 Å². The maximum Gasteiger partial charge on any atom is 0.443 e. The first-order valence-corrected chi connectivity index (χ1v) is 13.6. The van der Waals surface area contributed by atoms with Gasteiger partial charge in [0.25, 0.3) is 0 Å². The molecule has 5 N–H and O–H groups in total. The molecular formula is C23H23F3N5O4PS. The summed E-state index contributed by atoms with van der Waals surface area (Å²) in [5.41, 5.74) is 6.75. The first kappa shape index (κ1) is 26.0. The highest BCUT2D eigenvalue weighted by molar-refractivity contribution is 7.55. The number of aliphatic hydroxyl groups excluding tert-OH is 1. The van der Waals surface area contributed by atoms with Crippen molar-refractivity contribution in [2.24, 2.45) is 10.7 Å². The molecule has 6 atom stereocenters. The van der Waals surface area contributed by atoms with Crippen molar-refractivity contribution in [1.29, 1.82) is 5.41 Å². The fraction of sp³-hybridized carbons (Fsp3) is 0.348. The number of alkyl halides is 3. The Kier molecular flexibility index (Phi) is 7.18. The lowest BCUT2D eigenvalue weighted by Crippen LogP contribution is -2.67. The monoisotopic (exact) mass is 553 g/mol. The van der Waals surface area contributed by atoms with Crippen LogP contribution in [0.3, 0.4) is 0 Å². The normalized spacial score (nSPS) is 27.9. The molecule has 2 aliphatic rings. The third-order valence-electron chi connectivity index (χ3n) is 5.93. The van der Waals surface area contributed by atoms with Gasteiger partial charge in [0, 0.05) is 17.9 Å². The molecule has 2 aliphatic heterocycles. The average molecular weight is 554 g/mol. The van der Waals surface area contributed by atoms with Gasteiger partial charge in [0.2, 0.25) is 0 Å². The van der Waals surface area contributed by atoms with Gasteiger partial charge in [-0.3, -0.25) is 5.41 Å². The van der Waals surface area contributed by atoms with Crippen LogP contribution in [0.2, 0.25) is 0 Å². The van der Waals surface area contributed by atoms with E-state index in [2.05, 4.69) is 15.3 Å². The number of hydrogen-bond donors (Lipinski definition) is 4. The van der Waals surface area contributed by atoms with Crippen molar-refractivity contribution in [3.8, 4) is 5.75 Å². The van der Waals surface area contributed by atoms with E-state index in [4.69, 9.17) is 25.4 Å². The van der Waals surface area contributed by atoms with Crippen LogP contribution in [0.25, 0.3) is 10.2 Å². The molecule has 0 aliphatic carbocycles. The van der Waals surface area contributed by atoms with Gasteiger partial charge in [0.15, 0.2) is 10.8 Å². The van der Waals surface area contributed by atoms with E-state index in [9.17, 15) is 18.3 Å². The molecule has 2 saturated heterocycles. The number of nitrogens with one attached hydrogen (secondary N) is 2. The largest absolute Gasteiger partial charge is 0.443 e. The van der Waals surface area contributed by atoms with E-state index >= 15 is 0 Å². The Hall–Kier alpha value is -2.67.